The molecule has 0 atom stereocenters. The van der Waals surface area contributed by atoms with E-state index in [-0.39, 0.29) is 17.7 Å². The lowest BCUT2D eigenvalue weighted by Crippen LogP contribution is -2.47. The van der Waals surface area contributed by atoms with Crippen LogP contribution in [0, 0.1) is 6.92 Å². The fourth-order valence-electron chi connectivity index (χ4n) is 6.36. The average molecular weight is 598 g/mol. The molecule has 2 aromatic carbocycles. The molecule has 3 aromatic rings. The van der Waals surface area contributed by atoms with Crippen LogP contribution in [-0.4, -0.2) is 68.4 Å². The Morgan fingerprint density at radius 3 is 2.39 bits per heavy atom. The van der Waals surface area contributed by atoms with Gasteiger partial charge in [-0.1, -0.05) is 25.1 Å². The Labute approximate surface area is 259 Å². The summed E-state index contributed by atoms with van der Waals surface area (Å²) in [5, 5.41) is 6.18. The smallest absolute Gasteiger partial charge is 0.258 e. The third kappa shape index (κ3) is 6.61. The summed E-state index contributed by atoms with van der Waals surface area (Å²) in [6.07, 6.45) is 6.64. The molecule has 0 radical (unpaired) electrons. The topological polar surface area (TPSA) is 98.1 Å². The zero-order chi connectivity index (χ0) is 30.6. The Morgan fingerprint density at radius 2 is 1.70 bits per heavy atom. The van der Waals surface area contributed by atoms with Gasteiger partial charge in [-0.15, -0.1) is 0 Å². The first kappa shape index (κ1) is 29.8. The highest BCUT2D eigenvalue weighted by molar-refractivity contribution is 6.07. The highest BCUT2D eigenvalue weighted by atomic mass is 16.3. The van der Waals surface area contributed by atoms with Crippen molar-refractivity contribution < 1.29 is 18.8 Å². The number of piperazine rings is 1. The molecule has 3 amide bonds. The number of hydrogen-bond donors (Lipinski definition) is 2. The minimum Gasteiger partial charge on any atom is -0.468 e. The SMILES string of the molecule is CCc1cc(N2CCN(c3ccccc3C)CC2)c(NC(=O)c2coc(C3CC3)c2)cc1C(=O)NCCCN1CCCC1=O. The summed E-state index contributed by atoms with van der Waals surface area (Å²) in [6, 6.07) is 14.2. The van der Waals surface area contributed by atoms with Gasteiger partial charge >= 0.3 is 0 Å². The van der Waals surface area contributed by atoms with Crippen molar-refractivity contribution in [1.82, 2.24) is 10.2 Å². The van der Waals surface area contributed by atoms with Crippen LogP contribution in [0.25, 0.3) is 0 Å². The van der Waals surface area contributed by atoms with E-state index in [0.29, 0.717) is 55.1 Å². The predicted molar refractivity (Wildman–Crippen MR) is 173 cm³/mol. The molecule has 2 aliphatic heterocycles. The monoisotopic (exact) mass is 597 g/mol. The van der Waals surface area contributed by atoms with Gasteiger partial charge in [-0.25, -0.2) is 0 Å². The Morgan fingerprint density at radius 1 is 0.955 bits per heavy atom. The van der Waals surface area contributed by atoms with Gasteiger partial charge < -0.3 is 29.8 Å². The van der Waals surface area contributed by atoms with Crippen LogP contribution in [0.4, 0.5) is 17.1 Å². The maximum absolute atomic E-state index is 13.5. The first-order valence-electron chi connectivity index (χ1n) is 16.1. The molecule has 1 saturated carbocycles. The van der Waals surface area contributed by atoms with Crippen molar-refractivity contribution in [2.45, 2.75) is 58.3 Å². The van der Waals surface area contributed by atoms with Crippen LogP contribution in [0.2, 0.25) is 0 Å². The Bertz CT molecular complexity index is 1520. The molecule has 3 heterocycles. The lowest BCUT2D eigenvalue weighted by Gasteiger charge is -2.39. The number of carbonyl (C=O) groups is 3. The van der Waals surface area contributed by atoms with Crippen molar-refractivity contribution in [2.75, 3.05) is 60.9 Å². The number of para-hydroxylation sites is 1. The summed E-state index contributed by atoms with van der Waals surface area (Å²) >= 11 is 0. The molecule has 1 aromatic heterocycles. The maximum Gasteiger partial charge on any atom is 0.258 e. The van der Waals surface area contributed by atoms with Crippen molar-refractivity contribution in [1.29, 1.82) is 0 Å². The van der Waals surface area contributed by atoms with Gasteiger partial charge in [0.25, 0.3) is 11.8 Å². The zero-order valence-corrected chi connectivity index (χ0v) is 25.9. The van der Waals surface area contributed by atoms with Crippen LogP contribution < -0.4 is 20.4 Å². The number of hydrogen-bond acceptors (Lipinski definition) is 6. The number of carbonyl (C=O) groups excluding carboxylic acids is 3. The third-order valence-electron chi connectivity index (χ3n) is 9.10. The van der Waals surface area contributed by atoms with E-state index in [4.69, 9.17) is 4.42 Å². The van der Waals surface area contributed by atoms with E-state index in [9.17, 15) is 14.4 Å². The third-order valence-corrected chi connectivity index (χ3v) is 9.10. The van der Waals surface area contributed by atoms with E-state index in [2.05, 4.69) is 57.7 Å². The number of nitrogens with one attached hydrogen (secondary N) is 2. The second-order valence-electron chi connectivity index (χ2n) is 12.2. The van der Waals surface area contributed by atoms with E-state index >= 15 is 0 Å². The molecule has 1 aliphatic carbocycles. The number of anilines is 3. The molecule has 9 nitrogen and oxygen atoms in total. The largest absolute Gasteiger partial charge is 0.468 e. The molecule has 3 aliphatic rings. The zero-order valence-electron chi connectivity index (χ0n) is 25.9. The van der Waals surface area contributed by atoms with Gasteiger partial charge in [0.1, 0.15) is 12.0 Å². The van der Waals surface area contributed by atoms with Crippen molar-refractivity contribution in [3.8, 4) is 0 Å². The van der Waals surface area contributed by atoms with Gasteiger partial charge in [0, 0.05) is 69.4 Å². The molecule has 0 spiro atoms. The minimum atomic E-state index is -0.244. The molecule has 0 unspecified atom stereocenters. The number of likely N-dealkylation sites (tertiary alicyclic amines) is 1. The van der Waals surface area contributed by atoms with Gasteiger partial charge in [0.2, 0.25) is 5.91 Å². The molecule has 232 valence electrons. The van der Waals surface area contributed by atoms with Crippen molar-refractivity contribution in [2.24, 2.45) is 0 Å². The minimum absolute atomic E-state index is 0.166. The van der Waals surface area contributed by atoms with Gasteiger partial charge in [0.15, 0.2) is 0 Å². The van der Waals surface area contributed by atoms with Crippen LogP contribution in [0.15, 0.2) is 53.1 Å². The van der Waals surface area contributed by atoms with Crippen molar-refractivity contribution in [3.63, 3.8) is 0 Å². The van der Waals surface area contributed by atoms with Gasteiger partial charge in [0.05, 0.1) is 16.9 Å². The van der Waals surface area contributed by atoms with Gasteiger partial charge in [-0.2, -0.15) is 0 Å². The molecule has 2 saturated heterocycles. The molecule has 0 bridgehead atoms. The summed E-state index contributed by atoms with van der Waals surface area (Å²) in [5.41, 5.74) is 6.05. The summed E-state index contributed by atoms with van der Waals surface area (Å²) < 4.78 is 5.69. The van der Waals surface area contributed by atoms with E-state index in [1.165, 1.54) is 17.5 Å². The first-order valence-corrected chi connectivity index (χ1v) is 16.1. The summed E-state index contributed by atoms with van der Waals surface area (Å²) in [4.78, 5) is 45.4. The van der Waals surface area contributed by atoms with E-state index in [1.54, 1.807) is 0 Å². The van der Waals surface area contributed by atoms with E-state index in [1.807, 2.05) is 24.0 Å². The van der Waals surface area contributed by atoms with Crippen molar-refractivity contribution in [3.05, 3.63) is 76.7 Å². The fourth-order valence-corrected chi connectivity index (χ4v) is 6.36. The van der Waals surface area contributed by atoms with Crippen LogP contribution in [0.5, 0.6) is 0 Å². The lowest BCUT2D eigenvalue weighted by molar-refractivity contribution is -0.127. The predicted octanol–water partition coefficient (Wildman–Crippen LogP) is 5.35. The highest BCUT2D eigenvalue weighted by Crippen LogP contribution is 2.41. The summed E-state index contributed by atoms with van der Waals surface area (Å²) in [7, 11) is 0. The molecule has 44 heavy (non-hydrogen) atoms. The molecule has 6 rings (SSSR count). The normalized spacial score (nSPS) is 16.9. The van der Waals surface area contributed by atoms with E-state index < -0.39 is 0 Å². The number of rotatable bonds is 11. The van der Waals surface area contributed by atoms with Crippen LogP contribution in [-0.2, 0) is 11.2 Å². The fraction of sp³-hybridized carbons (Fsp3) is 0.457. The highest BCUT2D eigenvalue weighted by Gasteiger charge is 2.29. The average Bonchev–Trinajstić information content (AvgIpc) is 3.62. The van der Waals surface area contributed by atoms with Gasteiger partial charge in [-0.05, 0) is 74.4 Å². The van der Waals surface area contributed by atoms with Crippen molar-refractivity contribution >= 4 is 34.8 Å². The Hall–Kier alpha value is -4.27. The second kappa shape index (κ2) is 13.2. The number of amides is 3. The number of furan rings is 1. The Balaban J connectivity index is 1.21. The summed E-state index contributed by atoms with van der Waals surface area (Å²) in [6.45, 7) is 9.42. The van der Waals surface area contributed by atoms with Gasteiger partial charge in [-0.3, -0.25) is 14.4 Å². The standard InChI is InChI=1S/C35H43N5O4/c1-3-25-20-31(39-18-16-38(17-19-39)30-9-5-4-8-24(30)2)29(37-34(42)27-21-32(44-23-27)26-11-12-26)22-28(25)35(43)36-13-7-15-40-14-6-10-33(40)41/h4-5,8-9,20-23,26H,3,6-7,10-19H2,1-2H3,(H,36,43)(H,37,42). The number of nitrogens with zero attached hydrogens (tertiary/aromatic N) is 3. The molecular weight excluding hydrogens is 554 g/mol. The quantitative estimate of drug-likeness (QED) is 0.289. The second-order valence-corrected chi connectivity index (χ2v) is 12.2. The molecular formula is C35H43N5O4. The molecule has 9 heteroatoms. The van der Waals surface area contributed by atoms with Crippen LogP contribution in [0.3, 0.4) is 0 Å². The Kier molecular flexibility index (Phi) is 8.91. The maximum atomic E-state index is 13.5. The summed E-state index contributed by atoms with van der Waals surface area (Å²) in [5.74, 6) is 1.06. The van der Waals surface area contributed by atoms with E-state index in [0.717, 1.165) is 69.0 Å². The number of aryl methyl sites for hydroxylation is 2. The number of benzene rings is 2. The molecule has 3 fully saturated rings. The van der Waals surface area contributed by atoms with Crippen LogP contribution in [0.1, 0.15) is 82.5 Å². The first-order chi connectivity index (χ1) is 21.4. The molecule has 2 N–H and O–H groups in total. The van der Waals surface area contributed by atoms with Crippen LogP contribution >= 0.6 is 0 Å². The lowest BCUT2D eigenvalue weighted by atomic mass is 10.0.